The van der Waals surface area contributed by atoms with Crippen molar-refractivity contribution in [2.24, 2.45) is 0 Å². The molecule has 0 atom stereocenters. The van der Waals surface area contributed by atoms with E-state index in [9.17, 15) is 4.79 Å². The van der Waals surface area contributed by atoms with Crippen LogP contribution in [0.25, 0.3) is 10.9 Å². The van der Waals surface area contributed by atoms with Crippen LogP contribution in [0.2, 0.25) is 0 Å². The Morgan fingerprint density at radius 2 is 2.24 bits per heavy atom. The number of benzene rings is 1. The van der Waals surface area contributed by atoms with Crippen molar-refractivity contribution in [2.45, 2.75) is 6.42 Å². The first kappa shape index (κ1) is 12.1. The smallest absolute Gasteiger partial charge is 0.229 e. The van der Waals surface area contributed by atoms with Gasteiger partial charge in [-0.2, -0.15) is 0 Å². The van der Waals surface area contributed by atoms with E-state index < -0.39 is 0 Å². The summed E-state index contributed by atoms with van der Waals surface area (Å²) in [5.74, 6) is -0.0749. The zero-order valence-corrected chi connectivity index (χ0v) is 11.0. The van der Waals surface area contributed by atoms with E-state index in [1.807, 2.05) is 36.7 Å². The van der Waals surface area contributed by atoms with Gasteiger partial charge in [0, 0.05) is 17.1 Å². The van der Waals surface area contributed by atoms with Crippen molar-refractivity contribution in [3.8, 4) is 0 Å². The van der Waals surface area contributed by atoms with Crippen molar-refractivity contribution < 1.29 is 4.79 Å². The molecule has 17 heavy (non-hydrogen) atoms. The second-order valence-corrected chi connectivity index (χ2v) is 5.06. The minimum Gasteiger partial charge on any atom is -0.361 e. The van der Waals surface area contributed by atoms with E-state index in [1.165, 1.54) is 11.8 Å². The van der Waals surface area contributed by atoms with Gasteiger partial charge < -0.3 is 10.3 Å². The number of carbonyl (C=O) groups is 1. The number of thioether (sulfide) groups is 1. The van der Waals surface area contributed by atoms with Crippen LogP contribution >= 0.6 is 24.0 Å². The Kier molecular flexibility index (Phi) is 3.81. The lowest BCUT2D eigenvalue weighted by Gasteiger charge is -2.03. The molecule has 0 saturated carbocycles. The predicted octanol–water partition coefficient (Wildman–Crippen LogP) is 2.47. The summed E-state index contributed by atoms with van der Waals surface area (Å²) in [6.07, 6.45) is 4.05. The predicted molar refractivity (Wildman–Crippen MR) is 76.3 cm³/mol. The zero-order valence-electron chi connectivity index (χ0n) is 9.32. The highest BCUT2D eigenvalue weighted by atomic mass is 32.2. The molecule has 0 aliphatic rings. The van der Waals surface area contributed by atoms with Gasteiger partial charge in [0.15, 0.2) is 0 Å². The fourth-order valence-electron chi connectivity index (χ4n) is 1.66. The van der Waals surface area contributed by atoms with E-state index in [2.05, 4.69) is 10.3 Å². The highest BCUT2D eigenvalue weighted by molar-refractivity contribution is 8.22. The first-order chi connectivity index (χ1) is 8.20. The molecule has 0 aliphatic heterocycles. The largest absolute Gasteiger partial charge is 0.361 e. The van der Waals surface area contributed by atoms with Crippen LogP contribution in [0.4, 0.5) is 0 Å². The standard InChI is InChI=1S/C12H12N2OS2/c1-17-12(16)14-11(15)6-8-7-13-10-5-3-2-4-9(8)10/h2-5,7,13H,6H2,1H3,(H,14,15,16). The number of aromatic nitrogens is 1. The summed E-state index contributed by atoms with van der Waals surface area (Å²) >= 11 is 6.31. The molecule has 0 radical (unpaired) electrons. The number of hydrogen-bond donors (Lipinski definition) is 2. The number of carbonyl (C=O) groups excluding carboxylic acids is 1. The zero-order chi connectivity index (χ0) is 12.3. The molecule has 0 bridgehead atoms. The third-order valence-corrected chi connectivity index (χ3v) is 3.53. The fourth-order valence-corrected chi connectivity index (χ4v) is 1.99. The molecule has 0 saturated heterocycles. The number of H-pyrrole nitrogens is 1. The molecule has 0 aliphatic carbocycles. The Hall–Kier alpha value is -1.33. The first-order valence-corrected chi connectivity index (χ1v) is 6.77. The first-order valence-electron chi connectivity index (χ1n) is 5.13. The molecule has 1 aromatic heterocycles. The number of hydrogen-bond acceptors (Lipinski definition) is 3. The summed E-state index contributed by atoms with van der Waals surface area (Å²) in [6, 6.07) is 7.92. The lowest BCUT2D eigenvalue weighted by molar-refractivity contribution is -0.118. The van der Waals surface area contributed by atoms with Gasteiger partial charge in [0.05, 0.1) is 6.42 Å². The molecule has 1 amide bonds. The normalized spacial score (nSPS) is 10.4. The van der Waals surface area contributed by atoms with E-state index in [-0.39, 0.29) is 5.91 Å². The van der Waals surface area contributed by atoms with Crippen molar-refractivity contribution in [1.29, 1.82) is 0 Å². The van der Waals surface area contributed by atoms with E-state index >= 15 is 0 Å². The average Bonchev–Trinajstić information content (AvgIpc) is 2.72. The number of fused-ring (bicyclic) bond motifs is 1. The van der Waals surface area contributed by atoms with Crippen LogP contribution in [0.15, 0.2) is 30.5 Å². The van der Waals surface area contributed by atoms with Crippen molar-refractivity contribution >= 4 is 45.1 Å². The van der Waals surface area contributed by atoms with E-state index in [0.29, 0.717) is 10.7 Å². The molecule has 0 unspecified atom stereocenters. The quantitative estimate of drug-likeness (QED) is 0.819. The molecule has 3 nitrogen and oxygen atoms in total. The van der Waals surface area contributed by atoms with Crippen LogP contribution in [-0.2, 0) is 11.2 Å². The summed E-state index contributed by atoms with van der Waals surface area (Å²) in [6.45, 7) is 0. The second kappa shape index (κ2) is 5.33. The summed E-state index contributed by atoms with van der Waals surface area (Å²) in [5, 5.41) is 3.76. The average molecular weight is 264 g/mol. The minimum absolute atomic E-state index is 0.0749. The highest BCUT2D eigenvalue weighted by Crippen LogP contribution is 2.17. The summed E-state index contributed by atoms with van der Waals surface area (Å²) in [5.41, 5.74) is 2.03. The molecule has 2 rings (SSSR count). The number of para-hydroxylation sites is 1. The lowest BCUT2D eigenvalue weighted by atomic mass is 10.1. The van der Waals surface area contributed by atoms with Gasteiger partial charge in [-0.1, -0.05) is 30.4 Å². The molecule has 2 N–H and O–H groups in total. The SMILES string of the molecule is CSC(=S)NC(=O)Cc1c[nH]c2ccccc12. The molecule has 1 aromatic carbocycles. The van der Waals surface area contributed by atoms with E-state index in [0.717, 1.165) is 16.5 Å². The molecule has 0 spiro atoms. The van der Waals surface area contributed by atoms with Crippen LogP contribution in [0, 0.1) is 0 Å². The summed E-state index contributed by atoms with van der Waals surface area (Å²) in [7, 11) is 0. The van der Waals surface area contributed by atoms with Gasteiger partial charge in [-0.3, -0.25) is 4.79 Å². The Balaban J connectivity index is 2.13. The Morgan fingerprint density at radius 3 is 3.00 bits per heavy atom. The van der Waals surface area contributed by atoms with Gasteiger partial charge in [0.25, 0.3) is 0 Å². The Bertz CT molecular complexity index is 562. The topological polar surface area (TPSA) is 44.9 Å². The Labute approximate surface area is 109 Å². The van der Waals surface area contributed by atoms with Crippen LogP contribution in [0.1, 0.15) is 5.56 Å². The van der Waals surface area contributed by atoms with Crippen molar-refractivity contribution in [3.05, 3.63) is 36.0 Å². The monoisotopic (exact) mass is 264 g/mol. The fraction of sp³-hybridized carbons (Fsp3) is 0.167. The van der Waals surface area contributed by atoms with Crippen LogP contribution in [0.5, 0.6) is 0 Å². The minimum atomic E-state index is -0.0749. The molecule has 88 valence electrons. The molecule has 1 heterocycles. The van der Waals surface area contributed by atoms with E-state index in [1.54, 1.807) is 0 Å². The van der Waals surface area contributed by atoms with Gasteiger partial charge in [0.1, 0.15) is 4.32 Å². The van der Waals surface area contributed by atoms with Gasteiger partial charge in [0.2, 0.25) is 5.91 Å². The Morgan fingerprint density at radius 1 is 1.47 bits per heavy atom. The summed E-state index contributed by atoms with van der Waals surface area (Å²) in [4.78, 5) is 14.8. The summed E-state index contributed by atoms with van der Waals surface area (Å²) < 4.78 is 0.509. The van der Waals surface area contributed by atoms with E-state index in [4.69, 9.17) is 12.2 Å². The number of nitrogens with one attached hydrogen (secondary N) is 2. The van der Waals surface area contributed by atoms with Crippen molar-refractivity contribution in [3.63, 3.8) is 0 Å². The lowest BCUT2D eigenvalue weighted by Crippen LogP contribution is -2.28. The maximum atomic E-state index is 11.7. The van der Waals surface area contributed by atoms with Crippen LogP contribution < -0.4 is 5.32 Å². The number of amides is 1. The van der Waals surface area contributed by atoms with Crippen molar-refractivity contribution in [2.75, 3.05) is 6.26 Å². The maximum absolute atomic E-state index is 11.7. The van der Waals surface area contributed by atoms with Gasteiger partial charge in [-0.15, -0.1) is 11.8 Å². The van der Waals surface area contributed by atoms with Crippen LogP contribution in [-0.4, -0.2) is 21.5 Å². The second-order valence-electron chi connectivity index (χ2n) is 3.58. The van der Waals surface area contributed by atoms with Gasteiger partial charge in [-0.05, 0) is 17.9 Å². The van der Waals surface area contributed by atoms with Crippen molar-refractivity contribution in [1.82, 2.24) is 10.3 Å². The van der Waals surface area contributed by atoms with Gasteiger partial charge >= 0.3 is 0 Å². The van der Waals surface area contributed by atoms with Crippen LogP contribution in [0.3, 0.4) is 0 Å². The molecule has 2 aromatic rings. The number of aromatic amines is 1. The number of rotatable bonds is 2. The third kappa shape index (κ3) is 2.87. The molecule has 0 fully saturated rings. The van der Waals surface area contributed by atoms with Gasteiger partial charge in [-0.25, -0.2) is 0 Å². The molecular weight excluding hydrogens is 252 g/mol. The number of thiocarbonyl (C=S) groups is 1. The third-order valence-electron chi connectivity index (χ3n) is 2.45. The highest BCUT2D eigenvalue weighted by Gasteiger charge is 2.09. The molecule has 5 heteroatoms. The maximum Gasteiger partial charge on any atom is 0.229 e. The molecular formula is C12H12N2OS2.